The third kappa shape index (κ3) is 5.45. The zero-order valence-corrected chi connectivity index (χ0v) is 16.1. The third-order valence-corrected chi connectivity index (χ3v) is 4.81. The van der Waals surface area contributed by atoms with Gasteiger partial charge in [-0.25, -0.2) is 0 Å². The topological polar surface area (TPSA) is 78.5 Å². The van der Waals surface area contributed by atoms with E-state index in [2.05, 4.69) is 16.6 Å². The minimum Gasteiger partial charge on any atom is -0.345 e. The summed E-state index contributed by atoms with van der Waals surface area (Å²) in [5.74, 6) is 1.76. The van der Waals surface area contributed by atoms with Crippen molar-refractivity contribution in [3.05, 3.63) is 65.7 Å². The molecule has 2 aromatic rings. The number of amides is 3. The molecule has 0 bridgehead atoms. The van der Waals surface area contributed by atoms with Gasteiger partial charge in [0.15, 0.2) is 0 Å². The van der Waals surface area contributed by atoms with E-state index >= 15 is 0 Å². The number of nitrogens with one attached hydrogen (secondary N) is 2. The van der Waals surface area contributed by atoms with Crippen LogP contribution in [0.1, 0.15) is 24.0 Å². The number of hydrogen-bond donors (Lipinski definition) is 2. The first kappa shape index (κ1) is 20.2. The van der Waals surface area contributed by atoms with E-state index in [9.17, 15) is 14.4 Å². The van der Waals surface area contributed by atoms with Gasteiger partial charge in [0.1, 0.15) is 6.04 Å². The zero-order chi connectivity index (χ0) is 20.6. The zero-order valence-electron chi connectivity index (χ0n) is 16.1. The normalized spacial score (nSPS) is 15.4. The Kier molecular flexibility index (Phi) is 6.64. The minimum atomic E-state index is -0.538. The molecule has 0 radical (unpaired) electrons. The number of benzene rings is 2. The highest BCUT2D eigenvalue weighted by Gasteiger charge is 2.33. The van der Waals surface area contributed by atoms with Crippen LogP contribution < -0.4 is 10.6 Å². The molecule has 1 atom stereocenters. The van der Waals surface area contributed by atoms with Crippen LogP contribution in [-0.2, 0) is 20.8 Å². The molecular formula is C23H23N3O3. The first-order chi connectivity index (χ1) is 14.1. The highest BCUT2D eigenvalue weighted by atomic mass is 16.2. The lowest BCUT2D eigenvalue weighted by Gasteiger charge is -2.24. The van der Waals surface area contributed by atoms with Gasteiger partial charge in [0.2, 0.25) is 17.7 Å². The monoisotopic (exact) mass is 389 g/mol. The second kappa shape index (κ2) is 9.56. The first-order valence-corrected chi connectivity index (χ1v) is 9.54. The van der Waals surface area contributed by atoms with Crippen LogP contribution in [0.25, 0.3) is 0 Å². The van der Waals surface area contributed by atoms with Crippen molar-refractivity contribution in [1.82, 2.24) is 10.2 Å². The van der Waals surface area contributed by atoms with Gasteiger partial charge < -0.3 is 15.5 Å². The van der Waals surface area contributed by atoms with Crippen LogP contribution in [-0.4, -0.2) is 41.8 Å². The Morgan fingerprint density at radius 3 is 2.66 bits per heavy atom. The first-order valence-electron chi connectivity index (χ1n) is 9.54. The van der Waals surface area contributed by atoms with Gasteiger partial charge in [-0.15, -0.1) is 6.42 Å². The summed E-state index contributed by atoms with van der Waals surface area (Å²) in [6, 6.07) is 15.8. The summed E-state index contributed by atoms with van der Waals surface area (Å²) in [6.07, 6.45) is 6.98. The van der Waals surface area contributed by atoms with E-state index in [-0.39, 0.29) is 30.7 Å². The van der Waals surface area contributed by atoms with Crippen molar-refractivity contribution in [1.29, 1.82) is 0 Å². The molecule has 1 unspecified atom stereocenters. The van der Waals surface area contributed by atoms with Gasteiger partial charge in [-0.2, -0.15) is 0 Å². The van der Waals surface area contributed by atoms with Crippen LogP contribution in [0.15, 0.2) is 54.6 Å². The highest BCUT2D eigenvalue weighted by molar-refractivity contribution is 5.96. The van der Waals surface area contributed by atoms with Gasteiger partial charge in [0.25, 0.3) is 0 Å². The molecule has 0 aliphatic carbocycles. The summed E-state index contributed by atoms with van der Waals surface area (Å²) in [4.78, 5) is 38.9. The van der Waals surface area contributed by atoms with Crippen molar-refractivity contribution in [3.63, 3.8) is 0 Å². The molecule has 0 spiro atoms. The number of hydrogen-bond acceptors (Lipinski definition) is 3. The number of carbonyl (C=O) groups is 3. The predicted octanol–water partition coefficient (Wildman–Crippen LogP) is 1.96. The number of anilines is 1. The van der Waals surface area contributed by atoms with E-state index in [0.717, 1.165) is 12.0 Å². The molecule has 6 nitrogen and oxygen atoms in total. The SMILES string of the molecule is C#Cc1cccc(NC(=O)CNC(=O)C2CCCN2C(=O)Cc2ccccc2)c1. The fourth-order valence-corrected chi connectivity index (χ4v) is 3.39. The quantitative estimate of drug-likeness (QED) is 0.742. The molecule has 2 aromatic carbocycles. The van der Waals surface area contributed by atoms with Gasteiger partial charge in [0.05, 0.1) is 13.0 Å². The molecule has 3 amide bonds. The van der Waals surface area contributed by atoms with E-state index in [0.29, 0.717) is 24.2 Å². The Balaban J connectivity index is 1.52. The molecule has 148 valence electrons. The van der Waals surface area contributed by atoms with Crippen LogP contribution in [0.3, 0.4) is 0 Å². The second-order valence-electron chi connectivity index (χ2n) is 6.90. The minimum absolute atomic E-state index is 0.0793. The van der Waals surface area contributed by atoms with Gasteiger partial charge in [-0.05, 0) is 36.6 Å². The largest absolute Gasteiger partial charge is 0.345 e. The second-order valence-corrected chi connectivity index (χ2v) is 6.90. The average Bonchev–Trinajstić information content (AvgIpc) is 3.23. The summed E-state index contributed by atoms with van der Waals surface area (Å²) >= 11 is 0. The number of likely N-dealkylation sites (tertiary alicyclic amines) is 1. The summed E-state index contributed by atoms with van der Waals surface area (Å²) in [5.41, 5.74) is 2.14. The van der Waals surface area contributed by atoms with Crippen molar-refractivity contribution in [3.8, 4) is 12.3 Å². The molecular weight excluding hydrogens is 366 g/mol. The summed E-state index contributed by atoms with van der Waals surface area (Å²) < 4.78 is 0. The summed E-state index contributed by atoms with van der Waals surface area (Å²) in [5, 5.41) is 5.34. The highest BCUT2D eigenvalue weighted by Crippen LogP contribution is 2.19. The molecule has 1 fully saturated rings. The van der Waals surface area contributed by atoms with Crippen molar-refractivity contribution in [2.45, 2.75) is 25.3 Å². The van der Waals surface area contributed by atoms with Gasteiger partial charge >= 0.3 is 0 Å². The van der Waals surface area contributed by atoms with E-state index < -0.39 is 6.04 Å². The van der Waals surface area contributed by atoms with Gasteiger partial charge in [-0.1, -0.05) is 42.3 Å². The molecule has 2 N–H and O–H groups in total. The van der Waals surface area contributed by atoms with E-state index in [1.54, 1.807) is 29.2 Å². The van der Waals surface area contributed by atoms with Crippen molar-refractivity contribution in [2.24, 2.45) is 0 Å². The number of carbonyl (C=O) groups excluding carboxylic acids is 3. The lowest BCUT2D eigenvalue weighted by Crippen LogP contribution is -2.48. The number of rotatable bonds is 6. The molecule has 29 heavy (non-hydrogen) atoms. The molecule has 0 aromatic heterocycles. The van der Waals surface area contributed by atoms with Crippen molar-refractivity contribution >= 4 is 23.4 Å². The average molecular weight is 389 g/mol. The maximum atomic E-state index is 12.6. The fourth-order valence-electron chi connectivity index (χ4n) is 3.39. The van der Waals surface area contributed by atoms with Gasteiger partial charge in [0, 0.05) is 17.8 Å². The molecule has 1 saturated heterocycles. The Labute approximate surface area is 170 Å². The molecule has 3 rings (SSSR count). The Morgan fingerprint density at radius 1 is 1.10 bits per heavy atom. The Hall–Kier alpha value is -3.59. The maximum Gasteiger partial charge on any atom is 0.243 e. The number of nitrogens with zero attached hydrogens (tertiary/aromatic N) is 1. The lowest BCUT2D eigenvalue weighted by molar-refractivity contribution is -0.138. The molecule has 0 saturated carbocycles. The third-order valence-electron chi connectivity index (χ3n) is 4.81. The van der Waals surface area contributed by atoms with Crippen LogP contribution in [0.2, 0.25) is 0 Å². The summed E-state index contributed by atoms with van der Waals surface area (Å²) in [6.45, 7) is 0.380. The molecule has 6 heteroatoms. The van der Waals surface area contributed by atoms with Crippen LogP contribution in [0.5, 0.6) is 0 Å². The smallest absolute Gasteiger partial charge is 0.243 e. The molecule has 1 aliphatic heterocycles. The van der Waals surface area contributed by atoms with Crippen molar-refractivity contribution in [2.75, 3.05) is 18.4 Å². The van der Waals surface area contributed by atoms with Crippen molar-refractivity contribution < 1.29 is 14.4 Å². The summed E-state index contributed by atoms with van der Waals surface area (Å²) in [7, 11) is 0. The Morgan fingerprint density at radius 2 is 1.90 bits per heavy atom. The van der Waals surface area contributed by atoms with E-state index in [1.807, 2.05) is 30.3 Å². The Bertz CT molecular complexity index is 934. The van der Waals surface area contributed by atoms with E-state index in [4.69, 9.17) is 6.42 Å². The maximum absolute atomic E-state index is 12.6. The van der Waals surface area contributed by atoms with Crippen LogP contribution in [0.4, 0.5) is 5.69 Å². The van der Waals surface area contributed by atoms with Gasteiger partial charge in [-0.3, -0.25) is 14.4 Å². The molecule has 1 heterocycles. The standard InChI is InChI=1S/C23H23N3O3/c1-2-17-10-6-11-19(14-17)25-21(27)16-24-23(29)20-12-7-13-26(20)22(28)15-18-8-4-3-5-9-18/h1,3-6,8-11,14,20H,7,12-13,15-16H2,(H,24,29)(H,25,27). The lowest BCUT2D eigenvalue weighted by atomic mass is 10.1. The predicted molar refractivity (Wildman–Crippen MR) is 111 cm³/mol. The molecule has 1 aliphatic rings. The van der Waals surface area contributed by atoms with E-state index in [1.165, 1.54) is 0 Å². The van der Waals surface area contributed by atoms with Crippen LogP contribution in [0, 0.1) is 12.3 Å². The number of terminal acetylenes is 1. The van der Waals surface area contributed by atoms with Crippen LogP contribution >= 0.6 is 0 Å². The fraction of sp³-hybridized carbons (Fsp3) is 0.261.